The number of allylic oxidation sites excluding steroid dienone is 2. The van der Waals surface area contributed by atoms with E-state index >= 15 is 0 Å². The van der Waals surface area contributed by atoms with E-state index in [0.717, 1.165) is 19.4 Å². The lowest BCUT2D eigenvalue weighted by atomic mass is 10.1. The van der Waals surface area contributed by atoms with Gasteiger partial charge in [0, 0.05) is 6.54 Å². The fourth-order valence-corrected chi connectivity index (χ4v) is 1.77. The van der Waals surface area contributed by atoms with Gasteiger partial charge in [-0.15, -0.1) is 0 Å². The third-order valence-corrected chi connectivity index (χ3v) is 2.87. The molecular formula is C18H25NO. The zero-order chi connectivity index (χ0) is 14.8. The molecule has 0 aliphatic rings. The number of nitrogens with one attached hydrogen (secondary N) is 1. The average Bonchev–Trinajstić information content (AvgIpc) is 2.42. The summed E-state index contributed by atoms with van der Waals surface area (Å²) < 4.78 is 0. The molecule has 20 heavy (non-hydrogen) atoms. The van der Waals surface area contributed by atoms with Gasteiger partial charge in [-0.3, -0.25) is 4.79 Å². The van der Waals surface area contributed by atoms with Crippen LogP contribution in [-0.4, -0.2) is 12.5 Å². The molecule has 1 aromatic rings. The van der Waals surface area contributed by atoms with E-state index in [1.54, 1.807) is 6.08 Å². The van der Waals surface area contributed by atoms with Crippen molar-refractivity contribution >= 4 is 12.0 Å². The zero-order valence-electron chi connectivity index (χ0n) is 12.7. The van der Waals surface area contributed by atoms with Crippen LogP contribution < -0.4 is 5.32 Å². The van der Waals surface area contributed by atoms with Crippen LogP contribution in [0.1, 0.15) is 39.2 Å². The van der Waals surface area contributed by atoms with Gasteiger partial charge >= 0.3 is 0 Å². The smallest absolute Gasteiger partial charge is 0.243 e. The predicted octanol–water partition coefficient (Wildman–Crippen LogP) is 4.20. The van der Waals surface area contributed by atoms with Crippen LogP contribution in [0.25, 0.3) is 6.08 Å². The fourth-order valence-electron chi connectivity index (χ4n) is 1.77. The lowest BCUT2D eigenvalue weighted by molar-refractivity contribution is -0.116. The van der Waals surface area contributed by atoms with Crippen molar-refractivity contribution in [2.45, 2.75) is 33.6 Å². The van der Waals surface area contributed by atoms with Crippen molar-refractivity contribution in [1.29, 1.82) is 0 Å². The molecule has 1 aromatic carbocycles. The van der Waals surface area contributed by atoms with Crippen molar-refractivity contribution in [2.24, 2.45) is 5.92 Å². The minimum Gasteiger partial charge on any atom is -0.352 e. The van der Waals surface area contributed by atoms with E-state index in [-0.39, 0.29) is 5.91 Å². The Kier molecular flexibility index (Phi) is 7.41. The van der Waals surface area contributed by atoms with E-state index in [1.165, 1.54) is 11.1 Å². The molecule has 0 aliphatic carbocycles. The third-order valence-electron chi connectivity index (χ3n) is 2.87. The Morgan fingerprint density at radius 3 is 2.60 bits per heavy atom. The molecule has 0 atom stereocenters. The highest BCUT2D eigenvalue weighted by Crippen LogP contribution is 2.11. The van der Waals surface area contributed by atoms with Crippen LogP contribution in [0, 0.1) is 5.92 Å². The van der Waals surface area contributed by atoms with Crippen LogP contribution in [0.2, 0.25) is 0 Å². The molecule has 0 unspecified atom stereocenters. The molecule has 2 heteroatoms. The molecule has 0 heterocycles. The van der Waals surface area contributed by atoms with Gasteiger partial charge in [-0.1, -0.05) is 61.9 Å². The minimum absolute atomic E-state index is 0.00314. The van der Waals surface area contributed by atoms with E-state index in [4.69, 9.17) is 0 Å². The summed E-state index contributed by atoms with van der Waals surface area (Å²) in [7, 11) is 0. The molecule has 0 spiro atoms. The van der Waals surface area contributed by atoms with Gasteiger partial charge in [0.05, 0.1) is 0 Å². The monoisotopic (exact) mass is 271 g/mol. The first-order chi connectivity index (χ1) is 9.58. The van der Waals surface area contributed by atoms with Gasteiger partial charge in [-0.05, 0) is 37.3 Å². The summed E-state index contributed by atoms with van der Waals surface area (Å²) >= 11 is 0. The van der Waals surface area contributed by atoms with Crippen LogP contribution in [-0.2, 0) is 4.79 Å². The molecule has 0 saturated carbocycles. The summed E-state index contributed by atoms with van der Waals surface area (Å²) in [6.07, 6.45) is 7.63. The lowest BCUT2D eigenvalue weighted by Gasteiger charge is -2.04. The standard InChI is InChI=1S/C18H25NO/c1-15(2)14-19-18(20)12-8-7-9-16(3)13-17-10-5-4-6-11-17/h4-6,8,10-13,15H,7,9,14H2,1-3H3,(H,19,20). The van der Waals surface area contributed by atoms with Gasteiger partial charge in [0.25, 0.3) is 0 Å². The molecule has 0 aromatic heterocycles. The number of hydrogen-bond donors (Lipinski definition) is 1. The van der Waals surface area contributed by atoms with E-state index in [1.807, 2.05) is 24.3 Å². The second-order valence-electron chi connectivity index (χ2n) is 5.48. The second-order valence-corrected chi connectivity index (χ2v) is 5.48. The van der Waals surface area contributed by atoms with Gasteiger partial charge in [0.1, 0.15) is 0 Å². The summed E-state index contributed by atoms with van der Waals surface area (Å²) in [5.41, 5.74) is 2.55. The molecule has 1 rings (SSSR count). The Morgan fingerprint density at radius 1 is 1.25 bits per heavy atom. The first-order valence-electron chi connectivity index (χ1n) is 7.24. The summed E-state index contributed by atoms with van der Waals surface area (Å²) in [5.74, 6) is 0.492. The van der Waals surface area contributed by atoms with Crippen molar-refractivity contribution in [2.75, 3.05) is 6.54 Å². The van der Waals surface area contributed by atoms with Crippen LogP contribution in [0.3, 0.4) is 0 Å². The van der Waals surface area contributed by atoms with Crippen molar-refractivity contribution in [3.63, 3.8) is 0 Å². The van der Waals surface area contributed by atoms with E-state index in [0.29, 0.717) is 5.92 Å². The maximum absolute atomic E-state index is 11.5. The van der Waals surface area contributed by atoms with E-state index < -0.39 is 0 Å². The topological polar surface area (TPSA) is 29.1 Å². The molecule has 1 amide bonds. The predicted molar refractivity (Wildman–Crippen MR) is 86.3 cm³/mol. The number of amides is 1. The molecule has 0 radical (unpaired) electrons. The van der Waals surface area contributed by atoms with Crippen molar-refractivity contribution in [1.82, 2.24) is 5.32 Å². The molecule has 108 valence electrons. The van der Waals surface area contributed by atoms with Gasteiger partial charge < -0.3 is 5.32 Å². The number of benzene rings is 1. The number of carbonyl (C=O) groups is 1. The zero-order valence-corrected chi connectivity index (χ0v) is 12.7. The largest absolute Gasteiger partial charge is 0.352 e. The van der Waals surface area contributed by atoms with E-state index in [2.05, 4.69) is 44.3 Å². The quantitative estimate of drug-likeness (QED) is 0.740. The second kappa shape index (κ2) is 9.13. The molecule has 0 fully saturated rings. The molecule has 0 bridgehead atoms. The number of carbonyl (C=O) groups excluding carboxylic acids is 1. The molecule has 0 aliphatic heterocycles. The maximum Gasteiger partial charge on any atom is 0.243 e. The number of hydrogen-bond acceptors (Lipinski definition) is 1. The Balaban J connectivity index is 2.29. The lowest BCUT2D eigenvalue weighted by Crippen LogP contribution is -2.25. The van der Waals surface area contributed by atoms with Crippen molar-refractivity contribution in [3.05, 3.63) is 53.6 Å². The van der Waals surface area contributed by atoms with Crippen molar-refractivity contribution < 1.29 is 4.79 Å². The number of rotatable bonds is 7. The summed E-state index contributed by atoms with van der Waals surface area (Å²) in [5, 5.41) is 2.87. The SMILES string of the molecule is CC(=Cc1ccccc1)CCC=CC(=O)NCC(C)C. The van der Waals surface area contributed by atoms with Gasteiger partial charge in [0.15, 0.2) is 0 Å². The normalized spacial score (nSPS) is 12.1. The Hall–Kier alpha value is -1.83. The Morgan fingerprint density at radius 2 is 1.95 bits per heavy atom. The van der Waals surface area contributed by atoms with Crippen molar-refractivity contribution in [3.8, 4) is 0 Å². The minimum atomic E-state index is 0.00314. The Bertz CT molecular complexity index is 458. The Labute approximate surface area is 122 Å². The van der Waals surface area contributed by atoms with Crippen LogP contribution in [0.5, 0.6) is 0 Å². The van der Waals surface area contributed by atoms with Gasteiger partial charge in [-0.25, -0.2) is 0 Å². The highest BCUT2D eigenvalue weighted by molar-refractivity contribution is 5.87. The summed E-state index contributed by atoms with van der Waals surface area (Å²) in [6, 6.07) is 10.3. The van der Waals surface area contributed by atoms with Crippen LogP contribution in [0.15, 0.2) is 48.1 Å². The van der Waals surface area contributed by atoms with Crippen LogP contribution in [0.4, 0.5) is 0 Å². The summed E-state index contributed by atoms with van der Waals surface area (Å²) in [4.78, 5) is 11.5. The average molecular weight is 271 g/mol. The molecule has 2 nitrogen and oxygen atoms in total. The highest BCUT2D eigenvalue weighted by Gasteiger charge is 1.97. The fraction of sp³-hybridized carbons (Fsp3) is 0.389. The molecule has 1 N–H and O–H groups in total. The molecular weight excluding hydrogens is 246 g/mol. The first kappa shape index (κ1) is 16.2. The van der Waals surface area contributed by atoms with Crippen LogP contribution >= 0.6 is 0 Å². The first-order valence-corrected chi connectivity index (χ1v) is 7.24. The maximum atomic E-state index is 11.5. The van der Waals surface area contributed by atoms with E-state index in [9.17, 15) is 4.79 Å². The van der Waals surface area contributed by atoms with Gasteiger partial charge in [0.2, 0.25) is 5.91 Å². The van der Waals surface area contributed by atoms with Gasteiger partial charge in [-0.2, -0.15) is 0 Å². The molecule has 0 saturated heterocycles. The summed E-state index contributed by atoms with van der Waals surface area (Å²) in [6.45, 7) is 7.03. The third kappa shape index (κ3) is 7.57. The highest BCUT2D eigenvalue weighted by atomic mass is 16.1.